The molecule has 0 aliphatic rings. The van der Waals surface area contributed by atoms with E-state index in [1.807, 2.05) is 0 Å². The van der Waals surface area contributed by atoms with Gasteiger partial charge in [-0.3, -0.25) is 0 Å². The normalized spacial score (nSPS) is 10.7. The second kappa shape index (κ2) is 4.71. The van der Waals surface area contributed by atoms with Crippen molar-refractivity contribution < 1.29 is 33.1 Å². The van der Waals surface area contributed by atoms with Crippen LogP contribution in [0.2, 0.25) is 0 Å². The van der Waals surface area contributed by atoms with Gasteiger partial charge in [-0.1, -0.05) is 0 Å². The molecule has 0 saturated heterocycles. The molecule has 0 saturated carbocycles. The Balaban J connectivity index is 1.91. The zero-order valence-electron chi connectivity index (χ0n) is 10.4. The second-order valence-electron chi connectivity index (χ2n) is 4.10. The van der Waals surface area contributed by atoms with Gasteiger partial charge >= 0.3 is 11.9 Å². The molecule has 0 fully saturated rings. The van der Waals surface area contributed by atoms with Gasteiger partial charge in [0, 0.05) is 0 Å². The van der Waals surface area contributed by atoms with Crippen LogP contribution in [0.1, 0.15) is 21.1 Å². The molecule has 7 heteroatoms. The van der Waals surface area contributed by atoms with Crippen molar-refractivity contribution in [1.82, 2.24) is 0 Å². The van der Waals surface area contributed by atoms with Gasteiger partial charge in [0.1, 0.15) is 0 Å². The summed E-state index contributed by atoms with van der Waals surface area (Å²) in [7, 11) is 0. The fourth-order valence-corrected chi connectivity index (χ4v) is 1.77. The lowest BCUT2D eigenvalue weighted by atomic mass is 10.3. The number of carboxylic acid groups (broad SMARTS) is 2. The molecule has 3 rings (SSSR count). The number of carboxylic acids is 2. The summed E-state index contributed by atoms with van der Waals surface area (Å²) in [4.78, 5) is 21.5. The van der Waals surface area contributed by atoms with E-state index in [4.69, 9.17) is 23.5 Å². The first-order valence-corrected chi connectivity index (χ1v) is 5.81. The number of hydrogen-bond donors (Lipinski definition) is 2. The molecule has 106 valence electrons. The Morgan fingerprint density at radius 3 is 1.29 bits per heavy atom. The van der Waals surface area contributed by atoms with Crippen molar-refractivity contribution in [3.8, 4) is 23.0 Å². The van der Waals surface area contributed by atoms with Crippen molar-refractivity contribution >= 4 is 11.9 Å². The Labute approximate surface area is 117 Å². The van der Waals surface area contributed by atoms with Crippen molar-refractivity contribution in [1.29, 1.82) is 0 Å². The van der Waals surface area contributed by atoms with Gasteiger partial charge in [-0.2, -0.15) is 0 Å². The Bertz CT molecular complexity index is 751. The molecule has 0 radical (unpaired) electrons. The van der Waals surface area contributed by atoms with Crippen LogP contribution >= 0.6 is 0 Å². The highest BCUT2D eigenvalue weighted by atomic mass is 16.4. The standard InChI is InChI=1S/C14H8O7/c15-13(16)11-5-3-9(20-11)7-1-2-8(19-7)10-4-6-12(21-10)14(17)18/h1-6H,(H,15,16)(H,17,18). The predicted octanol–water partition coefficient (Wildman–Crippen LogP) is 3.20. The third-order valence-corrected chi connectivity index (χ3v) is 2.73. The summed E-state index contributed by atoms with van der Waals surface area (Å²) in [6, 6.07) is 8.71. The minimum Gasteiger partial charge on any atom is -0.475 e. The fraction of sp³-hybridized carbons (Fsp3) is 0. The van der Waals surface area contributed by atoms with Gasteiger partial charge in [0.25, 0.3) is 0 Å². The maximum absolute atomic E-state index is 10.7. The number of hydrogen-bond acceptors (Lipinski definition) is 5. The average Bonchev–Trinajstić information content (AvgIpc) is 3.18. The molecule has 0 bridgehead atoms. The van der Waals surface area contributed by atoms with Gasteiger partial charge in [-0.25, -0.2) is 9.59 Å². The average molecular weight is 288 g/mol. The van der Waals surface area contributed by atoms with Crippen LogP contribution in [0.3, 0.4) is 0 Å². The van der Waals surface area contributed by atoms with E-state index in [-0.39, 0.29) is 23.0 Å². The molecule has 21 heavy (non-hydrogen) atoms. The van der Waals surface area contributed by atoms with Crippen molar-refractivity contribution in [2.24, 2.45) is 0 Å². The number of carbonyl (C=O) groups is 2. The molecular weight excluding hydrogens is 280 g/mol. The van der Waals surface area contributed by atoms with Crippen molar-refractivity contribution in [2.45, 2.75) is 0 Å². The maximum Gasteiger partial charge on any atom is 0.371 e. The lowest BCUT2D eigenvalue weighted by Gasteiger charge is -1.92. The minimum atomic E-state index is -1.18. The summed E-state index contributed by atoms with van der Waals surface area (Å²) in [6.07, 6.45) is 0. The van der Waals surface area contributed by atoms with Crippen molar-refractivity contribution in [3.63, 3.8) is 0 Å². The molecule has 3 aromatic rings. The Morgan fingerprint density at radius 2 is 0.952 bits per heavy atom. The van der Waals surface area contributed by atoms with E-state index >= 15 is 0 Å². The Kier molecular flexibility index (Phi) is 2.87. The molecule has 0 aromatic carbocycles. The molecule has 3 aromatic heterocycles. The summed E-state index contributed by atoms with van der Waals surface area (Å²) in [5.41, 5.74) is 0. The van der Waals surface area contributed by atoms with Crippen LogP contribution in [0.15, 0.2) is 49.6 Å². The van der Waals surface area contributed by atoms with E-state index < -0.39 is 11.9 Å². The lowest BCUT2D eigenvalue weighted by Crippen LogP contribution is -1.91. The molecular formula is C14H8O7. The van der Waals surface area contributed by atoms with E-state index in [0.29, 0.717) is 11.5 Å². The Hall–Kier alpha value is -3.22. The third-order valence-electron chi connectivity index (χ3n) is 2.73. The SMILES string of the molecule is O=C(O)c1ccc(-c2ccc(-c3ccc(C(=O)O)o3)o2)o1. The molecule has 7 nitrogen and oxygen atoms in total. The second-order valence-corrected chi connectivity index (χ2v) is 4.10. The quantitative estimate of drug-likeness (QED) is 0.757. The molecule has 0 unspecified atom stereocenters. The molecule has 2 N–H and O–H groups in total. The van der Waals surface area contributed by atoms with E-state index in [9.17, 15) is 9.59 Å². The van der Waals surface area contributed by atoms with Crippen LogP contribution in [0.25, 0.3) is 23.0 Å². The lowest BCUT2D eigenvalue weighted by molar-refractivity contribution is 0.0653. The van der Waals surface area contributed by atoms with Gasteiger partial charge in [-0.15, -0.1) is 0 Å². The third kappa shape index (κ3) is 2.32. The topological polar surface area (TPSA) is 114 Å². The summed E-state index contributed by atoms with van der Waals surface area (Å²) >= 11 is 0. The molecule has 3 heterocycles. The minimum absolute atomic E-state index is 0.200. The van der Waals surface area contributed by atoms with E-state index in [0.717, 1.165) is 0 Å². The molecule has 0 amide bonds. The van der Waals surface area contributed by atoms with E-state index in [1.165, 1.54) is 24.3 Å². The number of rotatable bonds is 4. The van der Waals surface area contributed by atoms with Gasteiger partial charge in [0.15, 0.2) is 23.0 Å². The maximum atomic E-state index is 10.7. The predicted molar refractivity (Wildman–Crippen MR) is 68.0 cm³/mol. The zero-order chi connectivity index (χ0) is 15.0. The van der Waals surface area contributed by atoms with Gasteiger partial charge in [-0.05, 0) is 36.4 Å². The number of furan rings is 3. The highest BCUT2D eigenvalue weighted by molar-refractivity contribution is 5.85. The highest BCUT2D eigenvalue weighted by Gasteiger charge is 2.16. The first-order chi connectivity index (χ1) is 10.0. The summed E-state index contributed by atoms with van der Waals surface area (Å²) in [5, 5.41) is 17.6. The molecule has 0 aliphatic heterocycles. The summed E-state index contributed by atoms with van der Waals surface area (Å²) in [5.74, 6) is -1.62. The number of aromatic carboxylic acids is 2. The zero-order valence-corrected chi connectivity index (χ0v) is 10.4. The highest BCUT2D eigenvalue weighted by Crippen LogP contribution is 2.30. The largest absolute Gasteiger partial charge is 0.475 e. The van der Waals surface area contributed by atoms with Crippen LogP contribution in [0.5, 0.6) is 0 Å². The van der Waals surface area contributed by atoms with E-state index in [2.05, 4.69) is 0 Å². The van der Waals surface area contributed by atoms with Crippen LogP contribution < -0.4 is 0 Å². The first-order valence-electron chi connectivity index (χ1n) is 5.81. The van der Waals surface area contributed by atoms with Crippen LogP contribution in [-0.4, -0.2) is 22.2 Å². The van der Waals surface area contributed by atoms with Crippen LogP contribution in [0, 0.1) is 0 Å². The van der Waals surface area contributed by atoms with Crippen LogP contribution in [-0.2, 0) is 0 Å². The van der Waals surface area contributed by atoms with Crippen molar-refractivity contribution in [2.75, 3.05) is 0 Å². The van der Waals surface area contributed by atoms with Crippen LogP contribution in [0.4, 0.5) is 0 Å². The van der Waals surface area contributed by atoms with Gasteiger partial charge in [0.05, 0.1) is 0 Å². The van der Waals surface area contributed by atoms with E-state index in [1.54, 1.807) is 12.1 Å². The fourth-order valence-electron chi connectivity index (χ4n) is 1.77. The summed E-state index contributed by atoms with van der Waals surface area (Å²) < 4.78 is 15.7. The first kappa shape index (κ1) is 12.8. The molecule has 0 aliphatic carbocycles. The van der Waals surface area contributed by atoms with Gasteiger partial charge in [0.2, 0.25) is 11.5 Å². The van der Waals surface area contributed by atoms with Gasteiger partial charge < -0.3 is 23.5 Å². The van der Waals surface area contributed by atoms with Crippen molar-refractivity contribution in [3.05, 3.63) is 47.9 Å². The smallest absolute Gasteiger partial charge is 0.371 e. The molecule has 0 atom stereocenters. The molecule has 0 spiro atoms. The Morgan fingerprint density at radius 1 is 0.619 bits per heavy atom. The monoisotopic (exact) mass is 288 g/mol. The summed E-state index contributed by atoms with van der Waals surface area (Å²) in [6.45, 7) is 0.